The Balaban J connectivity index is 1.29. The van der Waals surface area contributed by atoms with Crippen LogP contribution in [-0.2, 0) is 11.0 Å². The molecule has 0 unspecified atom stereocenters. The van der Waals surface area contributed by atoms with Crippen molar-refractivity contribution in [3.63, 3.8) is 0 Å². The number of fused-ring (bicyclic) bond motifs is 1. The number of benzene rings is 1. The van der Waals surface area contributed by atoms with Crippen molar-refractivity contribution in [2.24, 2.45) is 0 Å². The van der Waals surface area contributed by atoms with Crippen molar-refractivity contribution in [3.05, 3.63) is 53.2 Å². The highest BCUT2D eigenvalue weighted by Gasteiger charge is 2.42. The van der Waals surface area contributed by atoms with Crippen LogP contribution in [0.2, 0.25) is 0 Å². The van der Waals surface area contributed by atoms with Crippen molar-refractivity contribution in [1.29, 1.82) is 0 Å². The Kier molecular flexibility index (Phi) is 5.65. The van der Waals surface area contributed by atoms with Gasteiger partial charge in [0.2, 0.25) is 11.8 Å². The van der Waals surface area contributed by atoms with E-state index in [1.54, 1.807) is 17.3 Å². The summed E-state index contributed by atoms with van der Waals surface area (Å²) in [6, 6.07) is 2.24. The van der Waals surface area contributed by atoms with Crippen LogP contribution in [0.5, 0.6) is 5.88 Å². The number of hydrogen-bond donors (Lipinski definition) is 0. The summed E-state index contributed by atoms with van der Waals surface area (Å²) < 4.78 is 59.7. The fourth-order valence-electron chi connectivity index (χ4n) is 4.58. The molecule has 3 aliphatic rings. The van der Waals surface area contributed by atoms with Gasteiger partial charge in [0.15, 0.2) is 0 Å². The van der Waals surface area contributed by atoms with Gasteiger partial charge in [-0.1, -0.05) is 6.07 Å². The monoisotopic (exact) mass is 478 g/mol. The third-order valence-electron chi connectivity index (χ3n) is 6.48. The molecule has 5 rings (SSSR count). The molecule has 7 nitrogen and oxygen atoms in total. The molecule has 11 heteroatoms. The van der Waals surface area contributed by atoms with Gasteiger partial charge in [0.05, 0.1) is 41.8 Å². The lowest BCUT2D eigenvalue weighted by Gasteiger charge is -2.25. The number of amides is 2. The Hall–Kier alpha value is -3.24. The lowest BCUT2D eigenvalue weighted by molar-refractivity contribution is -0.140. The summed E-state index contributed by atoms with van der Waals surface area (Å²) in [5.41, 5.74) is -1.22. The second-order valence-electron chi connectivity index (χ2n) is 8.90. The Labute approximate surface area is 192 Å². The van der Waals surface area contributed by atoms with Gasteiger partial charge in [0.1, 0.15) is 11.9 Å². The summed E-state index contributed by atoms with van der Waals surface area (Å²) in [5.74, 6) is -1.85. The van der Waals surface area contributed by atoms with Gasteiger partial charge >= 0.3 is 6.18 Å². The second-order valence-corrected chi connectivity index (χ2v) is 8.90. The first-order chi connectivity index (χ1) is 16.2. The zero-order chi connectivity index (χ0) is 24.0. The molecule has 1 aliphatic carbocycles. The van der Waals surface area contributed by atoms with Gasteiger partial charge in [-0.3, -0.25) is 14.6 Å². The van der Waals surface area contributed by atoms with Crippen molar-refractivity contribution < 1.29 is 31.9 Å². The van der Waals surface area contributed by atoms with Crippen LogP contribution in [0.3, 0.4) is 0 Å². The molecular formula is C23H22F4N4O3. The number of carbonyl (C=O) groups excluding carboxylic acids is 2. The number of aromatic nitrogens is 2. The molecule has 2 aliphatic heterocycles. The van der Waals surface area contributed by atoms with Gasteiger partial charge in [0.25, 0.3) is 5.91 Å². The number of carbonyl (C=O) groups is 2. The van der Waals surface area contributed by atoms with E-state index < -0.39 is 35.1 Å². The molecule has 1 aromatic carbocycles. The molecule has 3 heterocycles. The summed E-state index contributed by atoms with van der Waals surface area (Å²) in [6.45, 7) is 0.377. The maximum atomic E-state index is 14.5. The maximum Gasteiger partial charge on any atom is 0.419 e. The average Bonchev–Trinajstić information content (AvgIpc) is 3.59. The molecule has 0 radical (unpaired) electrons. The van der Waals surface area contributed by atoms with Crippen LogP contribution in [0.15, 0.2) is 30.6 Å². The predicted octanol–water partition coefficient (Wildman–Crippen LogP) is 3.41. The van der Waals surface area contributed by atoms with Crippen molar-refractivity contribution in [2.75, 3.05) is 19.6 Å². The molecule has 3 fully saturated rings. The van der Waals surface area contributed by atoms with Crippen LogP contribution in [-0.4, -0.2) is 63.4 Å². The highest BCUT2D eigenvalue weighted by Crippen LogP contribution is 2.39. The molecule has 180 valence electrons. The lowest BCUT2D eigenvalue weighted by atomic mass is 10.1. The van der Waals surface area contributed by atoms with E-state index in [0.29, 0.717) is 30.8 Å². The molecular weight excluding hydrogens is 456 g/mol. The van der Waals surface area contributed by atoms with E-state index >= 15 is 0 Å². The standard InChI is InChI=1S/C23H22F4N4O3/c24-21-16(2-1-3-17(21)23(25,26)27)22(33)30-7-6-20(32)31-12-15(8-14(31)11-30)34-19-10-28-18(9-29-19)13-4-5-13/h1-3,9-10,13-15H,4-8,11-12H2/t14-,15+/m0/s1. The number of ether oxygens (including phenoxy) is 1. The average molecular weight is 478 g/mol. The fraction of sp³-hybridized carbons (Fsp3) is 0.478. The minimum Gasteiger partial charge on any atom is -0.471 e. The van der Waals surface area contributed by atoms with E-state index in [9.17, 15) is 27.2 Å². The molecule has 2 aromatic rings. The summed E-state index contributed by atoms with van der Waals surface area (Å²) in [5, 5.41) is 0. The molecule has 34 heavy (non-hydrogen) atoms. The second kappa shape index (κ2) is 8.52. The van der Waals surface area contributed by atoms with E-state index in [1.807, 2.05) is 0 Å². The zero-order valence-corrected chi connectivity index (χ0v) is 18.1. The number of alkyl halides is 3. The molecule has 0 N–H and O–H groups in total. The van der Waals surface area contributed by atoms with Crippen molar-refractivity contribution in [1.82, 2.24) is 19.8 Å². The maximum absolute atomic E-state index is 14.5. The van der Waals surface area contributed by atoms with E-state index in [0.717, 1.165) is 30.7 Å². The van der Waals surface area contributed by atoms with Crippen LogP contribution in [0, 0.1) is 5.82 Å². The van der Waals surface area contributed by atoms with Gasteiger partial charge in [-0.2, -0.15) is 13.2 Å². The predicted molar refractivity (Wildman–Crippen MR) is 110 cm³/mol. The summed E-state index contributed by atoms with van der Waals surface area (Å²) >= 11 is 0. The first kappa shape index (κ1) is 22.5. The molecule has 2 amide bonds. The molecule has 2 saturated heterocycles. The minimum absolute atomic E-state index is 0.0000195. The van der Waals surface area contributed by atoms with Gasteiger partial charge in [-0.25, -0.2) is 9.37 Å². The quantitative estimate of drug-likeness (QED) is 0.630. The normalized spacial score (nSPS) is 23.0. The van der Waals surface area contributed by atoms with Gasteiger partial charge in [0, 0.05) is 31.8 Å². The largest absolute Gasteiger partial charge is 0.471 e. The van der Waals surface area contributed by atoms with E-state index in [1.165, 1.54) is 4.90 Å². The Bertz CT molecular complexity index is 1100. The summed E-state index contributed by atoms with van der Waals surface area (Å²) in [4.78, 5) is 37.1. The zero-order valence-electron chi connectivity index (χ0n) is 18.1. The lowest BCUT2D eigenvalue weighted by Crippen LogP contribution is -2.41. The topological polar surface area (TPSA) is 75.6 Å². The Morgan fingerprint density at radius 1 is 1.12 bits per heavy atom. The Morgan fingerprint density at radius 2 is 1.91 bits per heavy atom. The minimum atomic E-state index is -4.91. The number of rotatable bonds is 4. The van der Waals surface area contributed by atoms with Gasteiger partial charge in [-0.05, 0) is 25.0 Å². The van der Waals surface area contributed by atoms with Crippen molar-refractivity contribution in [2.45, 2.75) is 49.9 Å². The highest BCUT2D eigenvalue weighted by atomic mass is 19.4. The number of hydrogen-bond acceptors (Lipinski definition) is 5. The van der Waals surface area contributed by atoms with E-state index in [2.05, 4.69) is 9.97 Å². The van der Waals surface area contributed by atoms with E-state index in [4.69, 9.17) is 4.74 Å². The highest BCUT2D eigenvalue weighted by molar-refractivity contribution is 5.95. The molecule has 1 aromatic heterocycles. The van der Waals surface area contributed by atoms with Crippen LogP contribution in [0.1, 0.15) is 53.2 Å². The van der Waals surface area contributed by atoms with Crippen LogP contribution >= 0.6 is 0 Å². The molecule has 1 saturated carbocycles. The Morgan fingerprint density at radius 3 is 2.59 bits per heavy atom. The van der Waals surface area contributed by atoms with Gasteiger partial charge in [-0.15, -0.1) is 0 Å². The summed E-state index contributed by atoms with van der Waals surface area (Å²) in [7, 11) is 0. The third kappa shape index (κ3) is 4.43. The fourth-order valence-corrected chi connectivity index (χ4v) is 4.58. The smallest absolute Gasteiger partial charge is 0.419 e. The van der Waals surface area contributed by atoms with Gasteiger partial charge < -0.3 is 14.5 Å². The molecule has 2 atom stereocenters. The summed E-state index contributed by atoms with van der Waals surface area (Å²) in [6.07, 6.45) is 0.585. The van der Waals surface area contributed by atoms with Crippen molar-refractivity contribution in [3.8, 4) is 5.88 Å². The SMILES string of the molecule is O=C(c1cccc(C(F)(F)F)c1F)N1CCC(=O)N2C[C@H](Oc3cnc(C4CC4)cn3)C[C@H]2C1. The van der Waals surface area contributed by atoms with Crippen molar-refractivity contribution >= 4 is 11.8 Å². The third-order valence-corrected chi connectivity index (χ3v) is 6.48. The number of nitrogens with zero attached hydrogens (tertiary/aromatic N) is 4. The van der Waals surface area contributed by atoms with Crippen LogP contribution < -0.4 is 4.74 Å². The van der Waals surface area contributed by atoms with Crippen LogP contribution in [0.25, 0.3) is 0 Å². The first-order valence-electron chi connectivity index (χ1n) is 11.1. The molecule has 0 bridgehead atoms. The number of halogens is 4. The van der Waals surface area contributed by atoms with Crippen LogP contribution in [0.4, 0.5) is 17.6 Å². The molecule has 0 spiro atoms. The first-order valence-corrected chi connectivity index (χ1v) is 11.1. The van der Waals surface area contributed by atoms with E-state index in [-0.39, 0.29) is 31.5 Å².